The predicted molar refractivity (Wildman–Crippen MR) is 119 cm³/mol. The third kappa shape index (κ3) is 3.75. The molecular weight excluding hydrogens is 392 g/mol. The van der Waals surface area contributed by atoms with E-state index in [0.717, 1.165) is 33.2 Å². The summed E-state index contributed by atoms with van der Waals surface area (Å²) in [6.45, 7) is 0. The minimum Gasteiger partial charge on any atom is -0.457 e. The molecule has 0 atom stereocenters. The molecule has 5 heteroatoms. The Morgan fingerprint density at radius 3 is 2.20 bits per heavy atom. The first-order chi connectivity index (χ1) is 14.8. The van der Waals surface area contributed by atoms with Gasteiger partial charge in [-0.1, -0.05) is 42.1 Å². The topological polar surface area (TPSA) is 54.9 Å². The number of carbonyl (C=O) groups is 1. The van der Waals surface area contributed by atoms with E-state index < -0.39 is 0 Å². The second-order valence-electron chi connectivity index (χ2n) is 6.72. The van der Waals surface area contributed by atoms with E-state index in [1.54, 1.807) is 6.08 Å². The number of furan rings is 1. The molecule has 0 bridgehead atoms. The molecule has 4 nitrogen and oxygen atoms in total. The average Bonchev–Trinajstić information content (AvgIpc) is 3.39. The molecule has 0 spiro atoms. The molecule has 0 radical (unpaired) electrons. The number of nitrogens with zero attached hydrogens (tertiary/aromatic N) is 2. The second-order valence-corrected chi connectivity index (χ2v) is 7.80. The molecule has 30 heavy (non-hydrogen) atoms. The molecule has 0 amide bonds. The Morgan fingerprint density at radius 2 is 1.43 bits per heavy atom. The van der Waals surface area contributed by atoms with E-state index in [4.69, 9.17) is 4.42 Å². The van der Waals surface area contributed by atoms with Gasteiger partial charge in [-0.15, -0.1) is 0 Å². The molecule has 1 aliphatic heterocycles. The van der Waals surface area contributed by atoms with Gasteiger partial charge < -0.3 is 4.42 Å². The molecule has 0 aliphatic carbocycles. The first-order valence-electron chi connectivity index (χ1n) is 9.47. The SMILES string of the molecule is O=C1C(=Cc2ccc(-c3ccc(N=Nc4ccccc4)cc3)o2)Sc2ccccc21. The summed E-state index contributed by atoms with van der Waals surface area (Å²) in [5.41, 5.74) is 3.27. The van der Waals surface area contributed by atoms with Crippen LogP contribution in [-0.2, 0) is 0 Å². The molecule has 1 aromatic heterocycles. The number of hydrogen-bond acceptors (Lipinski definition) is 5. The second kappa shape index (κ2) is 7.97. The molecule has 4 aromatic rings. The van der Waals surface area contributed by atoms with Gasteiger partial charge in [0.25, 0.3) is 0 Å². The van der Waals surface area contributed by atoms with Gasteiger partial charge in [-0.3, -0.25) is 4.79 Å². The molecule has 0 N–H and O–H groups in total. The van der Waals surface area contributed by atoms with Crippen LogP contribution in [0, 0.1) is 0 Å². The summed E-state index contributed by atoms with van der Waals surface area (Å²) in [6.07, 6.45) is 1.80. The maximum Gasteiger partial charge on any atom is 0.200 e. The Morgan fingerprint density at radius 1 is 0.733 bits per heavy atom. The first kappa shape index (κ1) is 18.3. The minimum absolute atomic E-state index is 0.0432. The van der Waals surface area contributed by atoms with Crippen molar-refractivity contribution in [2.75, 3.05) is 0 Å². The highest BCUT2D eigenvalue weighted by atomic mass is 32.2. The lowest BCUT2D eigenvalue weighted by Gasteiger charge is -1.98. The van der Waals surface area contributed by atoms with Crippen LogP contribution in [0.3, 0.4) is 0 Å². The smallest absolute Gasteiger partial charge is 0.200 e. The third-order valence-electron chi connectivity index (χ3n) is 4.66. The first-order valence-corrected chi connectivity index (χ1v) is 10.3. The van der Waals surface area contributed by atoms with Crippen LogP contribution in [0.25, 0.3) is 17.4 Å². The Hall–Kier alpha value is -3.70. The number of hydrogen-bond donors (Lipinski definition) is 0. The van der Waals surface area contributed by atoms with E-state index in [9.17, 15) is 4.79 Å². The van der Waals surface area contributed by atoms with Gasteiger partial charge in [-0.05, 0) is 66.7 Å². The average molecular weight is 408 g/mol. The van der Waals surface area contributed by atoms with Crippen molar-refractivity contribution in [3.63, 3.8) is 0 Å². The molecule has 0 saturated carbocycles. The summed E-state index contributed by atoms with van der Waals surface area (Å²) < 4.78 is 5.95. The quantitative estimate of drug-likeness (QED) is 0.257. The van der Waals surface area contributed by atoms with E-state index in [1.165, 1.54) is 11.8 Å². The fraction of sp³-hybridized carbons (Fsp3) is 0. The van der Waals surface area contributed by atoms with Crippen molar-refractivity contribution in [2.24, 2.45) is 10.2 Å². The van der Waals surface area contributed by atoms with Crippen LogP contribution < -0.4 is 0 Å². The zero-order valence-corrected chi connectivity index (χ0v) is 16.7. The number of thioether (sulfide) groups is 1. The monoisotopic (exact) mass is 408 g/mol. The van der Waals surface area contributed by atoms with E-state index in [-0.39, 0.29) is 5.78 Å². The van der Waals surface area contributed by atoms with Crippen molar-refractivity contribution in [1.29, 1.82) is 0 Å². The van der Waals surface area contributed by atoms with E-state index >= 15 is 0 Å². The van der Waals surface area contributed by atoms with Gasteiger partial charge in [-0.25, -0.2) is 0 Å². The van der Waals surface area contributed by atoms with Crippen molar-refractivity contribution in [3.05, 3.63) is 107 Å². The van der Waals surface area contributed by atoms with Gasteiger partial charge in [0.15, 0.2) is 0 Å². The molecular formula is C25H16N2O2S. The largest absolute Gasteiger partial charge is 0.457 e. The molecule has 0 saturated heterocycles. The Labute approximate surface area is 178 Å². The molecule has 1 aliphatic rings. The summed E-state index contributed by atoms with van der Waals surface area (Å²) in [6, 6.07) is 28.7. The highest BCUT2D eigenvalue weighted by Crippen LogP contribution is 2.41. The van der Waals surface area contributed by atoms with Gasteiger partial charge in [0.2, 0.25) is 5.78 Å². The Balaban J connectivity index is 1.32. The number of Topliss-reactive ketones (excluding diaryl/α,β-unsaturated/α-hetero) is 1. The van der Waals surface area contributed by atoms with Gasteiger partial charge in [0.1, 0.15) is 11.5 Å². The van der Waals surface area contributed by atoms with E-state index in [2.05, 4.69) is 10.2 Å². The summed E-state index contributed by atoms with van der Waals surface area (Å²) in [5, 5.41) is 8.48. The summed E-state index contributed by atoms with van der Waals surface area (Å²) in [7, 11) is 0. The number of allylic oxidation sites excluding steroid dienone is 1. The molecule has 5 rings (SSSR count). The van der Waals surface area contributed by atoms with Crippen LogP contribution in [-0.4, -0.2) is 5.78 Å². The molecule has 144 valence electrons. The highest BCUT2D eigenvalue weighted by Gasteiger charge is 2.25. The van der Waals surface area contributed by atoms with Crippen molar-refractivity contribution >= 4 is 35.0 Å². The van der Waals surface area contributed by atoms with Crippen LogP contribution in [0.1, 0.15) is 16.1 Å². The fourth-order valence-electron chi connectivity index (χ4n) is 3.15. The lowest BCUT2D eigenvalue weighted by molar-refractivity contribution is 0.104. The van der Waals surface area contributed by atoms with Crippen LogP contribution in [0.5, 0.6) is 0 Å². The minimum atomic E-state index is 0.0432. The van der Waals surface area contributed by atoms with Crippen molar-refractivity contribution in [3.8, 4) is 11.3 Å². The van der Waals surface area contributed by atoms with Crippen LogP contribution in [0.15, 0.2) is 115 Å². The number of rotatable bonds is 4. The van der Waals surface area contributed by atoms with Crippen molar-refractivity contribution in [2.45, 2.75) is 4.90 Å². The fourth-order valence-corrected chi connectivity index (χ4v) is 4.18. The molecule has 3 aromatic carbocycles. The number of fused-ring (bicyclic) bond motifs is 1. The van der Waals surface area contributed by atoms with Gasteiger partial charge in [-0.2, -0.15) is 10.2 Å². The van der Waals surface area contributed by atoms with E-state index in [0.29, 0.717) is 10.7 Å². The lowest BCUT2D eigenvalue weighted by Crippen LogP contribution is -1.93. The third-order valence-corrected chi connectivity index (χ3v) is 5.76. The number of ketones is 1. The predicted octanol–water partition coefficient (Wildman–Crippen LogP) is 7.69. The molecule has 2 heterocycles. The lowest BCUT2D eigenvalue weighted by atomic mass is 10.1. The summed E-state index contributed by atoms with van der Waals surface area (Å²) >= 11 is 1.48. The van der Waals surface area contributed by atoms with Crippen LogP contribution >= 0.6 is 11.8 Å². The molecule has 0 unspecified atom stereocenters. The maximum absolute atomic E-state index is 12.5. The van der Waals surface area contributed by atoms with Gasteiger partial charge in [0, 0.05) is 16.0 Å². The zero-order chi connectivity index (χ0) is 20.3. The van der Waals surface area contributed by atoms with Crippen molar-refractivity contribution in [1.82, 2.24) is 0 Å². The summed E-state index contributed by atoms with van der Waals surface area (Å²) in [4.78, 5) is 14.2. The molecule has 0 fully saturated rings. The van der Waals surface area contributed by atoms with Crippen molar-refractivity contribution < 1.29 is 9.21 Å². The van der Waals surface area contributed by atoms with E-state index in [1.807, 2.05) is 91.0 Å². The Kier molecular flexibility index (Phi) is 4.87. The normalized spacial score (nSPS) is 14.5. The maximum atomic E-state index is 12.5. The standard InChI is InChI=1S/C25H16N2O2S/c28-25-21-8-4-5-9-23(21)30-24(25)16-20-14-15-22(29-20)17-10-12-19(13-11-17)27-26-18-6-2-1-3-7-18/h1-16H. The van der Waals surface area contributed by atoms with Crippen LogP contribution in [0.2, 0.25) is 0 Å². The highest BCUT2D eigenvalue weighted by molar-refractivity contribution is 8.04. The zero-order valence-electron chi connectivity index (χ0n) is 15.9. The summed E-state index contributed by atoms with van der Waals surface area (Å²) in [5.74, 6) is 1.43. The Bertz CT molecular complexity index is 1270. The van der Waals surface area contributed by atoms with Gasteiger partial charge in [0.05, 0.1) is 16.3 Å². The van der Waals surface area contributed by atoms with Gasteiger partial charge >= 0.3 is 0 Å². The number of benzene rings is 3. The number of azo groups is 1. The van der Waals surface area contributed by atoms with Crippen LogP contribution in [0.4, 0.5) is 11.4 Å². The number of carbonyl (C=O) groups excluding carboxylic acids is 1.